The number of nitrogens with two attached hydrogens (primary N) is 1. The van der Waals surface area contributed by atoms with Crippen molar-refractivity contribution in [1.82, 2.24) is 0 Å². The van der Waals surface area contributed by atoms with Gasteiger partial charge in [0.25, 0.3) is 0 Å². The fourth-order valence-electron chi connectivity index (χ4n) is 1.63. The number of hydrogen-bond donors (Lipinski definition) is 2. The maximum absolute atomic E-state index is 10.0. The van der Waals surface area contributed by atoms with Gasteiger partial charge in [-0.1, -0.05) is 19.9 Å². The Morgan fingerprint density at radius 1 is 1.25 bits per heavy atom. The summed E-state index contributed by atoms with van der Waals surface area (Å²) in [4.78, 5) is 0. The molecule has 0 aromatic heterocycles. The molecule has 3 nitrogen and oxygen atoms in total. The number of methoxy groups -OCH3 is 1. The summed E-state index contributed by atoms with van der Waals surface area (Å²) in [6, 6.07) is 5.56. The van der Waals surface area contributed by atoms with Crippen LogP contribution >= 0.6 is 0 Å². The summed E-state index contributed by atoms with van der Waals surface area (Å²) in [5, 5.41) is 10.0. The maximum Gasteiger partial charge on any atom is 0.124 e. The molecule has 0 aliphatic carbocycles. The first-order valence-corrected chi connectivity index (χ1v) is 5.58. The van der Waals surface area contributed by atoms with E-state index >= 15 is 0 Å². The minimum atomic E-state index is -0.686. The first-order chi connectivity index (χ1) is 7.47. The highest BCUT2D eigenvalue weighted by molar-refractivity contribution is 5.40. The van der Waals surface area contributed by atoms with Crippen molar-refractivity contribution in [1.29, 1.82) is 0 Å². The van der Waals surface area contributed by atoms with Crippen LogP contribution < -0.4 is 10.5 Å². The molecule has 0 bridgehead atoms. The van der Waals surface area contributed by atoms with Gasteiger partial charge in [-0.05, 0) is 30.5 Å². The molecule has 0 aliphatic rings. The lowest BCUT2D eigenvalue weighted by atomic mass is 9.96. The first-order valence-electron chi connectivity index (χ1n) is 5.58. The normalized spacial score (nSPS) is 14.9. The van der Waals surface area contributed by atoms with Gasteiger partial charge in [-0.25, -0.2) is 0 Å². The van der Waals surface area contributed by atoms with E-state index in [2.05, 4.69) is 13.8 Å². The Morgan fingerprint density at radius 2 is 1.88 bits per heavy atom. The van der Waals surface area contributed by atoms with Crippen LogP contribution in [0.4, 0.5) is 0 Å². The Morgan fingerprint density at radius 3 is 2.31 bits per heavy atom. The zero-order valence-electron chi connectivity index (χ0n) is 10.4. The van der Waals surface area contributed by atoms with Crippen LogP contribution in [0.15, 0.2) is 18.2 Å². The predicted octanol–water partition coefficient (Wildman–Crippen LogP) is 2.20. The van der Waals surface area contributed by atoms with Gasteiger partial charge in [0.1, 0.15) is 5.75 Å². The van der Waals surface area contributed by atoms with E-state index in [4.69, 9.17) is 10.5 Å². The molecule has 2 atom stereocenters. The quantitative estimate of drug-likeness (QED) is 0.822. The second-order valence-electron chi connectivity index (χ2n) is 4.46. The zero-order chi connectivity index (χ0) is 12.3. The highest BCUT2D eigenvalue weighted by Gasteiger charge is 2.18. The van der Waals surface area contributed by atoms with Crippen molar-refractivity contribution in [2.75, 3.05) is 7.11 Å². The van der Waals surface area contributed by atoms with Crippen molar-refractivity contribution in [2.24, 2.45) is 5.73 Å². The van der Waals surface area contributed by atoms with Crippen LogP contribution in [0.3, 0.4) is 0 Å². The van der Waals surface area contributed by atoms with Crippen molar-refractivity contribution in [3.63, 3.8) is 0 Å². The average Bonchev–Trinajstić information content (AvgIpc) is 2.26. The molecule has 90 valence electrons. The van der Waals surface area contributed by atoms with Crippen LogP contribution in [0, 0.1) is 0 Å². The highest BCUT2D eigenvalue weighted by Crippen LogP contribution is 2.30. The molecule has 1 aromatic carbocycles. The van der Waals surface area contributed by atoms with E-state index in [1.165, 1.54) is 5.56 Å². The predicted molar refractivity (Wildman–Crippen MR) is 65.7 cm³/mol. The van der Waals surface area contributed by atoms with Crippen molar-refractivity contribution in [3.8, 4) is 5.75 Å². The molecule has 0 heterocycles. The first kappa shape index (κ1) is 13.0. The number of aliphatic hydroxyl groups is 1. The minimum absolute atomic E-state index is 0.309. The molecule has 0 aliphatic heterocycles. The van der Waals surface area contributed by atoms with E-state index in [0.717, 1.165) is 5.56 Å². The SMILES string of the molecule is COc1ccc(C(C)C)cc1C(O)C(C)N. The summed E-state index contributed by atoms with van der Waals surface area (Å²) in [5.41, 5.74) is 7.66. The van der Waals surface area contributed by atoms with Gasteiger partial charge in [0.2, 0.25) is 0 Å². The highest BCUT2D eigenvalue weighted by atomic mass is 16.5. The van der Waals surface area contributed by atoms with Crippen molar-refractivity contribution in [3.05, 3.63) is 29.3 Å². The monoisotopic (exact) mass is 223 g/mol. The second kappa shape index (κ2) is 5.32. The van der Waals surface area contributed by atoms with Crippen LogP contribution in [-0.2, 0) is 0 Å². The van der Waals surface area contributed by atoms with E-state index in [1.54, 1.807) is 14.0 Å². The molecule has 2 unspecified atom stereocenters. The van der Waals surface area contributed by atoms with Gasteiger partial charge in [0.15, 0.2) is 0 Å². The third-order valence-corrected chi connectivity index (χ3v) is 2.74. The molecule has 3 N–H and O–H groups in total. The third-order valence-electron chi connectivity index (χ3n) is 2.74. The summed E-state index contributed by atoms with van der Waals surface area (Å²) in [5.74, 6) is 1.11. The largest absolute Gasteiger partial charge is 0.496 e. The molecule has 0 amide bonds. The van der Waals surface area contributed by atoms with Gasteiger partial charge in [0.05, 0.1) is 13.2 Å². The molecule has 16 heavy (non-hydrogen) atoms. The van der Waals surface area contributed by atoms with Crippen molar-refractivity contribution in [2.45, 2.75) is 38.8 Å². The Kier molecular flexibility index (Phi) is 4.33. The van der Waals surface area contributed by atoms with E-state index in [1.807, 2.05) is 18.2 Å². The number of aliphatic hydroxyl groups excluding tert-OH is 1. The van der Waals surface area contributed by atoms with Gasteiger partial charge in [-0.15, -0.1) is 0 Å². The van der Waals surface area contributed by atoms with E-state index in [-0.39, 0.29) is 6.04 Å². The molecule has 0 saturated heterocycles. The number of ether oxygens (including phenoxy) is 1. The minimum Gasteiger partial charge on any atom is -0.496 e. The summed E-state index contributed by atoms with van der Waals surface area (Å²) < 4.78 is 5.24. The molecule has 3 heteroatoms. The Bertz CT molecular complexity index is 348. The van der Waals surface area contributed by atoms with E-state index < -0.39 is 6.10 Å². The number of hydrogen-bond acceptors (Lipinski definition) is 3. The maximum atomic E-state index is 10.0. The van der Waals surface area contributed by atoms with Gasteiger partial charge in [-0.3, -0.25) is 0 Å². The molecule has 0 saturated carbocycles. The van der Waals surface area contributed by atoms with Gasteiger partial charge in [0, 0.05) is 11.6 Å². The van der Waals surface area contributed by atoms with Crippen LogP contribution in [0.2, 0.25) is 0 Å². The lowest BCUT2D eigenvalue weighted by Crippen LogP contribution is -2.24. The van der Waals surface area contributed by atoms with Gasteiger partial charge in [-0.2, -0.15) is 0 Å². The van der Waals surface area contributed by atoms with E-state index in [0.29, 0.717) is 11.7 Å². The fourth-order valence-corrected chi connectivity index (χ4v) is 1.63. The van der Waals surface area contributed by atoms with E-state index in [9.17, 15) is 5.11 Å². The molecule has 1 aromatic rings. The Hall–Kier alpha value is -1.06. The van der Waals surface area contributed by atoms with Crippen molar-refractivity contribution >= 4 is 0 Å². The Labute approximate surface area is 97.2 Å². The molecular weight excluding hydrogens is 202 g/mol. The van der Waals surface area contributed by atoms with Crippen LogP contribution in [0.1, 0.15) is 43.9 Å². The van der Waals surface area contributed by atoms with Crippen LogP contribution in [0.25, 0.3) is 0 Å². The molecule has 1 rings (SSSR count). The lowest BCUT2D eigenvalue weighted by Gasteiger charge is -2.19. The summed E-state index contributed by atoms with van der Waals surface area (Å²) in [6.45, 7) is 6.01. The molecule has 0 fully saturated rings. The molecule has 0 spiro atoms. The number of benzene rings is 1. The molecular formula is C13H21NO2. The van der Waals surface area contributed by atoms with Crippen molar-refractivity contribution < 1.29 is 9.84 Å². The summed E-state index contributed by atoms with van der Waals surface area (Å²) in [6.07, 6.45) is -0.686. The van der Waals surface area contributed by atoms with Crippen LogP contribution in [-0.4, -0.2) is 18.3 Å². The standard InChI is InChI=1S/C13H21NO2/c1-8(2)10-5-6-12(16-4)11(7-10)13(15)9(3)14/h5-9,13,15H,14H2,1-4H3. The Balaban J connectivity index is 3.16. The fraction of sp³-hybridized carbons (Fsp3) is 0.538. The number of rotatable bonds is 4. The molecule has 0 radical (unpaired) electrons. The topological polar surface area (TPSA) is 55.5 Å². The van der Waals surface area contributed by atoms with Gasteiger partial charge < -0.3 is 15.6 Å². The second-order valence-corrected chi connectivity index (χ2v) is 4.46. The average molecular weight is 223 g/mol. The summed E-state index contributed by atoms with van der Waals surface area (Å²) >= 11 is 0. The third kappa shape index (κ3) is 2.74. The zero-order valence-corrected chi connectivity index (χ0v) is 10.4. The van der Waals surface area contributed by atoms with Crippen LogP contribution in [0.5, 0.6) is 5.75 Å². The lowest BCUT2D eigenvalue weighted by molar-refractivity contribution is 0.149. The van der Waals surface area contributed by atoms with Gasteiger partial charge >= 0.3 is 0 Å². The summed E-state index contributed by atoms with van der Waals surface area (Å²) in [7, 11) is 1.60. The smallest absolute Gasteiger partial charge is 0.124 e.